The third-order valence-corrected chi connectivity index (χ3v) is 3.61. The van der Waals surface area contributed by atoms with E-state index in [1.54, 1.807) is 4.90 Å². The van der Waals surface area contributed by atoms with Gasteiger partial charge in [0, 0.05) is 25.7 Å². The van der Waals surface area contributed by atoms with Crippen molar-refractivity contribution >= 4 is 5.91 Å². The first kappa shape index (κ1) is 14.8. The molecular formula is C14H17F3N2O. The summed E-state index contributed by atoms with van der Waals surface area (Å²) in [4.78, 5) is 13.9. The maximum Gasteiger partial charge on any atom is 0.227 e. The van der Waals surface area contributed by atoms with Crippen LogP contribution in [-0.4, -0.2) is 30.4 Å². The highest BCUT2D eigenvalue weighted by molar-refractivity contribution is 5.79. The monoisotopic (exact) mass is 286 g/mol. The van der Waals surface area contributed by atoms with E-state index in [1.807, 2.05) is 0 Å². The highest BCUT2D eigenvalue weighted by Crippen LogP contribution is 2.19. The van der Waals surface area contributed by atoms with Crippen molar-refractivity contribution in [2.24, 2.45) is 11.7 Å². The molecule has 0 saturated carbocycles. The van der Waals surface area contributed by atoms with Crippen molar-refractivity contribution < 1.29 is 18.0 Å². The van der Waals surface area contributed by atoms with Crippen molar-refractivity contribution in [3.63, 3.8) is 0 Å². The molecule has 110 valence electrons. The number of likely N-dealkylation sites (tertiary alicyclic amines) is 1. The van der Waals surface area contributed by atoms with Crippen LogP contribution in [0.2, 0.25) is 0 Å². The highest BCUT2D eigenvalue weighted by atomic mass is 19.2. The second-order valence-corrected chi connectivity index (χ2v) is 5.03. The van der Waals surface area contributed by atoms with E-state index in [0.717, 1.165) is 18.9 Å². The molecule has 2 N–H and O–H groups in total. The fraction of sp³-hybridized carbons (Fsp3) is 0.500. The van der Waals surface area contributed by atoms with Gasteiger partial charge in [-0.25, -0.2) is 13.2 Å². The highest BCUT2D eigenvalue weighted by Gasteiger charge is 2.26. The van der Waals surface area contributed by atoms with Crippen LogP contribution in [0.4, 0.5) is 13.2 Å². The summed E-state index contributed by atoms with van der Waals surface area (Å²) in [5, 5.41) is 0. The number of hydrogen-bond acceptors (Lipinski definition) is 2. The lowest BCUT2D eigenvalue weighted by atomic mass is 9.97. The molecule has 0 spiro atoms. The number of nitrogens with zero attached hydrogens (tertiary/aromatic N) is 1. The number of hydrogen-bond donors (Lipinski definition) is 1. The van der Waals surface area contributed by atoms with Crippen LogP contribution in [-0.2, 0) is 11.2 Å². The second-order valence-electron chi connectivity index (χ2n) is 5.03. The summed E-state index contributed by atoms with van der Waals surface area (Å²) in [6.07, 6.45) is 1.88. The summed E-state index contributed by atoms with van der Waals surface area (Å²) >= 11 is 0. The number of nitrogens with two attached hydrogens (primary N) is 1. The normalized spacial score (nSPS) is 16.5. The number of amides is 1. The number of carbonyl (C=O) groups excluding carboxylic acids is 1. The smallest absolute Gasteiger partial charge is 0.227 e. The van der Waals surface area contributed by atoms with Crippen LogP contribution in [0.5, 0.6) is 0 Å². The Kier molecular flexibility index (Phi) is 4.65. The van der Waals surface area contributed by atoms with Crippen LogP contribution < -0.4 is 5.73 Å². The summed E-state index contributed by atoms with van der Waals surface area (Å²) < 4.78 is 39.6. The Hall–Kier alpha value is -1.56. The Morgan fingerprint density at radius 3 is 2.35 bits per heavy atom. The third-order valence-electron chi connectivity index (χ3n) is 3.61. The lowest BCUT2D eigenvalue weighted by Crippen LogP contribution is -2.38. The van der Waals surface area contributed by atoms with Crippen molar-refractivity contribution in [1.82, 2.24) is 4.90 Å². The molecule has 1 saturated heterocycles. The summed E-state index contributed by atoms with van der Waals surface area (Å²) in [6, 6.07) is 1.29. The molecule has 20 heavy (non-hydrogen) atoms. The van der Waals surface area contributed by atoms with E-state index in [2.05, 4.69) is 0 Å². The molecule has 2 rings (SSSR count). The van der Waals surface area contributed by atoms with Crippen LogP contribution >= 0.6 is 0 Å². The van der Waals surface area contributed by atoms with E-state index in [4.69, 9.17) is 5.73 Å². The number of carbonyl (C=O) groups is 1. The van der Waals surface area contributed by atoms with Crippen LogP contribution in [0.3, 0.4) is 0 Å². The van der Waals surface area contributed by atoms with E-state index < -0.39 is 23.4 Å². The molecule has 1 unspecified atom stereocenters. The molecule has 1 aromatic carbocycles. The summed E-state index contributed by atoms with van der Waals surface area (Å²) in [5.74, 6) is -3.95. The van der Waals surface area contributed by atoms with Gasteiger partial charge in [0.15, 0.2) is 11.6 Å². The summed E-state index contributed by atoms with van der Waals surface area (Å²) in [7, 11) is 0. The molecule has 3 nitrogen and oxygen atoms in total. The summed E-state index contributed by atoms with van der Waals surface area (Å²) in [5.41, 5.74) is 5.55. The van der Waals surface area contributed by atoms with E-state index in [9.17, 15) is 18.0 Å². The third kappa shape index (κ3) is 3.12. The zero-order valence-electron chi connectivity index (χ0n) is 11.0. The van der Waals surface area contributed by atoms with Gasteiger partial charge in [0.1, 0.15) is 5.82 Å². The molecule has 1 heterocycles. The number of rotatable bonds is 4. The molecule has 1 atom stereocenters. The average molecular weight is 286 g/mol. The average Bonchev–Trinajstić information content (AvgIpc) is 2.94. The van der Waals surface area contributed by atoms with Crippen molar-refractivity contribution in [3.8, 4) is 0 Å². The Morgan fingerprint density at radius 2 is 1.75 bits per heavy atom. The minimum absolute atomic E-state index is 0.0190. The molecule has 0 aromatic heterocycles. The topological polar surface area (TPSA) is 46.3 Å². The first-order valence-corrected chi connectivity index (χ1v) is 6.65. The van der Waals surface area contributed by atoms with Crippen molar-refractivity contribution in [2.75, 3.05) is 19.6 Å². The van der Waals surface area contributed by atoms with Gasteiger partial charge in [0.2, 0.25) is 5.91 Å². The van der Waals surface area contributed by atoms with Crippen molar-refractivity contribution in [2.45, 2.75) is 19.3 Å². The van der Waals surface area contributed by atoms with Crippen LogP contribution in [0.1, 0.15) is 18.4 Å². The van der Waals surface area contributed by atoms with Gasteiger partial charge in [-0.1, -0.05) is 0 Å². The maximum absolute atomic E-state index is 13.6. The van der Waals surface area contributed by atoms with Crippen LogP contribution in [0, 0.1) is 23.4 Å². The lowest BCUT2D eigenvalue weighted by molar-refractivity contribution is -0.134. The van der Waals surface area contributed by atoms with Crippen molar-refractivity contribution in [1.29, 1.82) is 0 Å². The van der Waals surface area contributed by atoms with Gasteiger partial charge in [-0.05, 0) is 30.9 Å². The van der Waals surface area contributed by atoms with E-state index in [0.29, 0.717) is 19.2 Å². The van der Waals surface area contributed by atoms with Crippen molar-refractivity contribution in [3.05, 3.63) is 35.1 Å². The van der Waals surface area contributed by atoms with Gasteiger partial charge >= 0.3 is 0 Å². The van der Waals surface area contributed by atoms with Gasteiger partial charge in [0.05, 0.1) is 5.92 Å². The van der Waals surface area contributed by atoms with Gasteiger partial charge in [-0.2, -0.15) is 0 Å². The van der Waals surface area contributed by atoms with E-state index in [1.165, 1.54) is 0 Å². The van der Waals surface area contributed by atoms with E-state index in [-0.39, 0.29) is 24.4 Å². The Bertz CT molecular complexity index is 501. The Morgan fingerprint density at radius 1 is 1.15 bits per heavy atom. The maximum atomic E-state index is 13.6. The molecule has 0 radical (unpaired) electrons. The zero-order chi connectivity index (χ0) is 14.7. The number of benzene rings is 1. The first-order chi connectivity index (χ1) is 9.52. The van der Waals surface area contributed by atoms with Gasteiger partial charge < -0.3 is 10.6 Å². The molecule has 1 aromatic rings. The minimum Gasteiger partial charge on any atom is -0.342 e. The fourth-order valence-corrected chi connectivity index (χ4v) is 2.45. The summed E-state index contributed by atoms with van der Waals surface area (Å²) in [6.45, 7) is 1.40. The quantitative estimate of drug-likeness (QED) is 0.859. The zero-order valence-corrected chi connectivity index (χ0v) is 11.0. The molecule has 1 aliphatic rings. The predicted octanol–water partition coefficient (Wildman–Crippen LogP) is 1.84. The van der Waals surface area contributed by atoms with E-state index >= 15 is 0 Å². The number of halogens is 3. The predicted molar refractivity (Wildman–Crippen MR) is 68.4 cm³/mol. The fourth-order valence-electron chi connectivity index (χ4n) is 2.45. The molecular weight excluding hydrogens is 269 g/mol. The molecule has 1 fully saturated rings. The standard InChI is InChI=1S/C14H17F3N2O/c15-11-7-13(17)12(16)6-9(11)5-10(8-18)14(20)19-3-1-2-4-19/h6-7,10H,1-5,8,18H2. The molecule has 1 aliphatic heterocycles. The SMILES string of the molecule is NCC(Cc1cc(F)c(F)cc1F)C(=O)N1CCCC1. The van der Waals surface area contributed by atoms with Crippen LogP contribution in [0.25, 0.3) is 0 Å². The second kappa shape index (κ2) is 6.26. The Labute approximate surface area is 115 Å². The van der Waals surface area contributed by atoms with Gasteiger partial charge in [0.25, 0.3) is 0 Å². The molecule has 0 aliphatic carbocycles. The molecule has 0 bridgehead atoms. The minimum atomic E-state index is -1.23. The Balaban J connectivity index is 2.13. The first-order valence-electron chi connectivity index (χ1n) is 6.65. The van der Waals surface area contributed by atoms with Gasteiger partial charge in [-0.3, -0.25) is 4.79 Å². The molecule has 6 heteroatoms. The lowest BCUT2D eigenvalue weighted by Gasteiger charge is -2.22. The van der Waals surface area contributed by atoms with Crippen LogP contribution in [0.15, 0.2) is 12.1 Å². The largest absolute Gasteiger partial charge is 0.342 e. The van der Waals surface area contributed by atoms with Gasteiger partial charge in [-0.15, -0.1) is 0 Å². The molecule has 1 amide bonds.